The van der Waals surface area contributed by atoms with Crippen molar-refractivity contribution in [1.82, 2.24) is 0 Å². The quantitative estimate of drug-likeness (QED) is 0.527. The standard InChI is InChI=1S/C16H13FN2O5/c1-9-11(4-3-5-14(9)19(22)23)15(20)18-13-8-10(16(21)24-2)6-7-12(13)17/h3-8H,1-2H3,(H,18,20). The van der Waals surface area contributed by atoms with Gasteiger partial charge in [-0.3, -0.25) is 14.9 Å². The summed E-state index contributed by atoms with van der Waals surface area (Å²) in [7, 11) is 1.18. The van der Waals surface area contributed by atoms with E-state index in [4.69, 9.17) is 0 Å². The average molecular weight is 332 g/mol. The molecule has 7 nitrogen and oxygen atoms in total. The van der Waals surface area contributed by atoms with Crippen LogP contribution in [0.5, 0.6) is 0 Å². The molecular weight excluding hydrogens is 319 g/mol. The molecule has 2 aromatic rings. The maximum absolute atomic E-state index is 13.8. The highest BCUT2D eigenvalue weighted by Crippen LogP contribution is 2.23. The van der Waals surface area contributed by atoms with Crippen LogP contribution in [-0.2, 0) is 4.74 Å². The summed E-state index contributed by atoms with van der Waals surface area (Å²) in [5, 5.41) is 13.2. The Labute approximate surface area is 136 Å². The number of hydrogen-bond donors (Lipinski definition) is 1. The molecule has 0 saturated heterocycles. The Morgan fingerprint density at radius 3 is 2.58 bits per heavy atom. The van der Waals surface area contributed by atoms with Crippen molar-refractivity contribution in [2.24, 2.45) is 0 Å². The smallest absolute Gasteiger partial charge is 0.337 e. The van der Waals surface area contributed by atoms with Crippen molar-refractivity contribution in [3.8, 4) is 0 Å². The Morgan fingerprint density at radius 1 is 1.25 bits per heavy atom. The molecule has 0 radical (unpaired) electrons. The topological polar surface area (TPSA) is 98.5 Å². The fraction of sp³-hybridized carbons (Fsp3) is 0.125. The minimum Gasteiger partial charge on any atom is -0.465 e. The Bertz CT molecular complexity index is 835. The van der Waals surface area contributed by atoms with Crippen molar-refractivity contribution < 1.29 is 23.6 Å². The van der Waals surface area contributed by atoms with E-state index in [9.17, 15) is 24.1 Å². The number of carbonyl (C=O) groups excluding carboxylic acids is 2. The van der Waals surface area contributed by atoms with Crippen molar-refractivity contribution in [2.75, 3.05) is 12.4 Å². The van der Waals surface area contributed by atoms with Gasteiger partial charge in [0.15, 0.2) is 0 Å². The van der Waals surface area contributed by atoms with Gasteiger partial charge >= 0.3 is 5.97 Å². The second kappa shape index (κ2) is 6.86. The summed E-state index contributed by atoms with van der Waals surface area (Å²) < 4.78 is 18.4. The van der Waals surface area contributed by atoms with E-state index in [0.717, 1.165) is 12.1 Å². The number of ether oxygens (including phenoxy) is 1. The lowest BCUT2D eigenvalue weighted by atomic mass is 10.1. The molecule has 2 rings (SSSR count). The molecule has 0 heterocycles. The van der Waals surface area contributed by atoms with Gasteiger partial charge in [0.05, 0.1) is 23.3 Å². The summed E-state index contributed by atoms with van der Waals surface area (Å²) in [4.78, 5) is 34.1. The Morgan fingerprint density at radius 2 is 1.96 bits per heavy atom. The molecule has 8 heteroatoms. The largest absolute Gasteiger partial charge is 0.465 e. The number of nitro benzene ring substituents is 1. The zero-order valence-electron chi connectivity index (χ0n) is 12.8. The number of methoxy groups -OCH3 is 1. The van der Waals surface area contributed by atoms with Gasteiger partial charge in [0, 0.05) is 17.2 Å². The zero-order valence-corrected chi connectivity index (χ0v) is 12.8. The second-order valence-electron chi connectivity index (χ2n) is 4.85. The molecule has 1 amide bonds. The van der Waals surface area contributed by atoms with Crippen LogP contribution in [0.3, 0.4) is 0 Å². The number of rotatable bonds is 4. The summed E-state index contributed by atoms with van der Waals surface area (Å²) in [6.45, 7) is 1.42. The number of esters is 1. The number of nitrogens with zero attached hydrogens (tertiary/aromatic N) is 1. The number of benzene rings is 2. The van der Waals surface area contributed by atoms with Crippen LogP contribution < -0.4 is 5.32 Å². The Balaban J connectivity index is 2.35. The summed E-state index contributed by atoms with van der Waals surface area (Å²) in [5.74, 6) is -2.16. The van der Waals surface area contributed by atoms with Gasteiger partial charge in [0.2, 0.25) is 0 Å². The molecule has 0 aliphatic carbocycles. The fourth-order valence-corrected chi connectivity index (χ4v) is 2.12. The van der Waals surface area contributed by atoms with E-state index < -0.39 is 22.6 Å². The highest BCUT2D eigenvalue weighted by atomic mass is 19.1. The molecule has 0 aliphatic rings. The third-order valence-corrected chi connectivity index (χ3v) is 3.38. The highest BCUT2D eigenvalue weighted by Gasteiger charge is 2.19. The van der Waals surface area contributed by atoms with Gasteiger partial charge in [0.1, 0.15) is 5.82 Å². The first kappa shape index (κ1) is 17.1. The van der Waals surface area contributed by atoms with Crippen molar-refractivity contribution in [1.29, 1.82) is 0 Å². The normalized spacial score (nSPS) is 10.1. The molecule has 24 heavy (non-hydrogen) atoms. The molecule has 0 saturated carbocycles. The van der Waals surface area contributed by atoms with E-state index in [0.29, 0.717) is 0 Å². The van der Waals surface area contributed by atoms with E-state index >= 15 is 0 Å². The summed E-state index contributed by atoms with van der Waals surface area (Å²) in [6.07, 6.45) is 0. The number of nitrogens with one attached hydrogen (secondary N) is 1. The molecule has 124 valence electrons. The van der Waals surface area contributed by atoms with Gasteiger partial charge < -0.3 is 10.1 Å². The Kier molecular flexibility index (Phi) is 4.88. The number of nitro groups is 1. The molecule has 0 aromatic heterocycles. The predicted octanol–water partition coefficient (Wildman–Crippen LogP) is 3.08. The van der Waals surface area contributed by atoms with Gasteiger partial charge in [-0.1, -0.05) is 6.07 Å². The molecule has 0 aliphatic heterocycles. The van der Waals surface area contributed by atoms with E-state index in [1.807, 2.05) is 0 Å². The lowest BCUT2D eigenvalue weighted by molar-refractivity contribution is -0.385. The van der Waals surface area contributed by atoms with Crippen molar-refractivity contribution in [2.45, 2.75) is 6.92 Å². The lowest BCUT2D eigenvalue weighted by Crippen LogP contribution is -2.15. The van der Waals surface area contributed by atoms with Crippen LogP contribution >= 0.6 is 0 Å². The van der Waals surface area contributed by atoms with Crippen LogP contribution in [0, 0.1) is 22.9 Å². The lowest BCUT2D eigenvalue weighted by Gasteiger charge is -2.10. The molecule has 0 spiro atoms. The third kappa shape index (κ3) is 3.37. The molecule has 0 unspecified atom stereocenters. The van der Waals surface area contributed by atoms with Gasteiger partial charge in [-0.25, -0.2) is 9.18 Å². The first-order chi connectivity index (χ1) is 11.3. The number of hydrogen-bond acceptors (Lipinski definition) is 5. The number of halogens is 1. The molecule has 1 N–H and O–H groups in total. The highest BCUT2D eigenvalue weighted by molar-refractivity contribution is 6.06. The van der Waals surface area contributed by atoms with Gasteiger partial charge in [-0.05, 0) is 31.2 Å². The van der Waals surface area contributed by atoms with Crippen LogP contribution in [0.4, 0.5) is 15.8 Å². The predicted molar refractivity (Wildman–Crippen MR) is 83.5 cm³/mol. The Hall–Kier alpha value is -3.29. The van der Waals surface area contributed by atoms with Crippen molar-refractivity contribution in [3.63, 3.8) is 0 Å². The van der Waals surface area contributed by atoms with Crippen LogP contribution in [0.1, 0.15) is 26.3 Å². The maximum Gasteiger partial charge on any atom is 0.337 e. The van der Waals surface area contributed by atoms with E-state index in [-0.39, 0.29) is 28.1 Å². The minimum absolute atomic E-state index is 0.0343. The van der Waals surface area contributed by atoms with E-state index in [1.165, 1.54) is 38.3 Å². The third-order valence-electron chi connectivity index (χ3n) is 3.38. The second-order valence-corrected chi connectivity index (χ2v) is 4.85. The molecule has 0 fully saturated rings. The van der Waals surface area contributed by atoms with Crippen molar-refractivity contribution in [3.05, 3.63) is 69.0 Å². The van der Waals surface area contributed by atoms with Crippen LogP contribution in [-0.4, -0.2) is 23.9 Å². The summed E-state index contributed by atoms with van der Waals surface area (Å²) in [6, 6.07) is 7.38. The fourth-order valence-electron chi connectivity index (χ4n) is 2.12. The molecular formula is C16H13FN2O5. The maximum atomic E-state index is 13.8. The SMILES string of the molecule is COC(=O)c1ccc(F)c(NC(=O)c2cccc([N+](=O)[O-])c2C)c1. The van der Waals surface area contributed by atoms with Crippen molar-refractivity contribution >= 4 is 23.3 Å². The van der Waals surface area contributed by atoms with Gasteiger partial charge in [-0.2, -0.15) is 0 Å². The van der Waals surface area contributed by atoms with Gasteiger partial charge in [0.25, 0.3) is 11.6 Å². The van der Waals surface area contributed by atoms with E-state index in [2.05, 4.69) is 10.1 Å². The molecule has 0 bridgehead atoms. The minimum atomic E-state index is -0.751. The first-order valence-corrected chi connectivity index (χ1v) is 6.78. The average Bonchev–Trinajstić information content (AvgIpc) is 2.55. The van der Waals surface area contributed by atoms with E-state index in [1.54, 1.807) is 0 Å². The van der Waals surface area contributed by atoms with Gasteiger partial charge in [-0.15, -0.1) is 0 Å². The van der Waals surface area contributed by atoms with Crippen LogP contribution in [0.2, 0.25) is 0 Å². The number of amides is 1. The summed E-state index contributed by atoms with van der Waals surface area (Å²) in [5.41, 5.74) is -0.193. The molecule has 0 atom stereocenters. The first-order valence-electron chi connectivity index (χ1n) is 6.78. The summed E-state index contributed by atoms with van der Waals surface area (Å²) >= 11 is 0. The van der Waals surface area contributed by atoms with Crippen LogP contribution in [0.15, 0.2) is 36.4 Å². The van der Waals surface area contributed by atoms with Crippen LogP contribution in [0.25, 0.3) is 0 Å². The zero-order chi connectivity index (χ0) is 17.9. The number of anilines is 1. The number of carbonyl (C=O) groups is 2. The molecule has 2 aromatic carbocycles. The monoisotopic (exact) mass is 332 g/mol.